The summed E-state index contributed by atoms with van der Waals surface area (Å²) in [6.07, 6.45) is 1.48. The first-order chi connectivity index (χ1) is 18.5. The number of para-hydroxylation sites is 1. The standard InChI is InChI=1S/C32H28ClFN2O2/c1-2-31(37)35(26-18-14-24(33)15-19-26)30-21-27(20-22-8-4-3-5-9-22)36(29-11-7-6-10-28(29)30)32(38)23-12-16-25(34)17-13-23/h3-19,27,30H,2,20-21H2,1H3/t27-,30+/m1/s1. The summed E-state index contributed by atoms with van der Waals surface area (Å²) < 4.78 is 13.7. The van der Waals surface area contributed by atoms with E-state index in [0.29, 0.717) is 29.8 Å². The van der Waals surface area contributed by atoms with Crippen LogP contribution in [0, 0.1) is 5.82 Å². The van der Waals surface area contributed by atoms with Crippen molar-refractivity contribution in [3.63, 3.8) is 0 Å². The van der Waals surface area contributed by atoms with Crippen LogP contribution in [0.3, 0.4) is 0 Å². The quantitative estimate of drug-likeness (QED) is 0.259. The molecule has 0 aromatic heterocycles. The van der Waals surface area contributed by atoms with Crippen LogP contribution < -0.4 is 9.80 Å². The molecule has 0 spiro atoms. The zero-order valence-corrected chi connectivity index (χ0v) is 21.8. The number of rotatable bonds is 6. The van der Waals surface area contributed by atoms with Crippen molar-refractivity contribution in [2.24, 2.45) is 0 Å². The maximum Gasteiger partial charge on any atom is 0.258 e. The molecule has 6 heteroatoms. The molecule has 2 atom stereocenters. The number of amides is 2. The SMILES string of the molecule is CCC(=O)N(c1ccc(Cl)cc1)[C@H]1C[C@@H](Cc2ccccc2)N(C(=O)c2ccc(F)cc2)c2ccccc21. The van der Waals surface area contributed by atoms with Crippen LogP contribution in [-0.4, -0.2) is 17.9 Å². The van der Waals surface area contributed by atoms with E-state index in [1.807, 2.05) is 83.5 Å². The topological polar surface area (TPSA) is 40.6 Å². The van der Waals surface area contributed by atoms with Crippen molar-refractivity contribution in [3.05, 3.63) is 131 Å². The number of nitrogens with zero attached hydrogens (tertiary/aromatic N) is 2. The van der Waals surface area contributed by atoms with E-state index in [1.165, 1.54) is 24.3 Å². The van der Waals surface area contributed by atoms with Crippen LogP contribution in [-0.2, 0) is 11.2 Å². The number of fused-ring (bicyclic) bond motifs is 1. The summed E-state index contributed by atoms with van der Waals surface area (Å²) in [5, 5.41) is 0.597. The molecule has 2 amide bonds. The maximum absolute atomic E-state index is 14.0. The fourth-order valence-corrected chi connectivity index (χ4v) is 5.38. The first-order valence-corrected chi connectivity index (χ1v) is 13.1. The summed E-state index contributed by atoms with van der Waals surface area (Å²) in [6, 6.07) is 30.2. The molecule has 0 bridgehead atoms. The van der Waals surface area contributed by atoms with Gasteiger partial charge in [0.15, 0.2) is 0 Å². The van der Waals surface area contributed by atoms with Gasteiger partial charge in [0.1, 0.15) is 5.82 Å². The van der Waals surface area contributed by atoms with Gasteiger partial charge in [-0.15, -0.1) is 0 Å². The lowest BCUT2D eigenvalue weighted by molar-refractivity contribution is -0.118. The average Bonchev–Trinajstić information content (AvgIpc) is 2.94. The summed E-state index contributed by atoms with van der Waals surface area (Å²) >= 11 is 6.16. The number of benzene rings is 4. The number of hydrogen-bond donors (Lipinski definition) is 0. The molecule has 1 heterocycles. The van der Waals surface area contributed by atoms with Gasteiger partial charge >= 0.3 is 0 Å². The highest BCUT2D eigenvalue weighted by atomic mass is 35.5. The van der Waals surface area contributed by atoms with Crippen LogP contribution >= 0.6 is 11.6 Å². The number of halogens is 2. The molecular weight excluding hydrogens is 499 g/mol. The second-order valence-corrected chi connectivity index (χ2v) is 9.87. The molecule has 0 unspecified atom stereocenters. The molecular formula is C32H28ClFN2O2. The zero-order valence-electron chi connectivity index (χ0n) is 21.1. The Hall–Kier alpha value is -3.96. The minimum absolute atomic E-state index is 0.0103. The molecule has 0 N–H and O–H groups in total. The Morgan fingerprint density at radius 2 is 1.55 bits per heavy atom. The first-order valence-electron chi connectivity index (χ1n) is 12.8. The third kappa shape index (κ3) is 5.20. The van der Waals surface area contributed by atoms with Gasteiger partial charge in [-0.05, 0) is 78.6 Å². The summed E-state index contributed by atoms with van der Waals surface area (Å²) in [6.45, 7) is 1.85. The molecule has 1 aliphatic heterocycles. The number of carbonyl (C=O) groups is 2. The summed E-state index contributed by atoms with van der Waals surface area (Å²) in [5.74, 6) is -0.598. The second kappa shape index (κ2) is 11.2. The number of anilines is 2. The highest BCUT2D eigenvalue weighted by Crippen LogP contribution is 2.44. The van der Waals surface area contributed by atoms with Crippen LogP contribution in [0.5, 0.6) is 0 Å². The fraction of sp³-hybridized carbons (Fsp3) is 0.188. The van der Waals surface area contributed by atoms with E-state index in [2.05, 4.69) is 0 Å². The summed E-state index contributed by atoms with van der Waals surface area (Å²) in [7, 11) is 0. The van der Waals surface area contributed by atoms with Crippen molar-refractivity contribution in [1.82, 2.24) is 0 Å². The lowest BCUT2D eigenvalue weighted by Gasteiger charge is -2.45. The predicted molar refractivity (Wildman–Crippen MR) is 150 cm³/mol. The minimum atomic E-state index is -0.391. The van der Waals surface area contributed by atoms with E-state index < -0.39 is 5.82 Å². The lowest BCUT2D eigenvalue weighted by atomic mass is 9.86. The molecule has 192 valence electrons. The molecule has 38 heavy (non-hydrogen) atoms. The van der Waals surface area contributed by atoms with Crippen LogP contribution in [0.2, 0.25) is 5.02 Å². The van der Waals surface area contributed by atoms with Gasteiger partial charge in [0.2, 0.25) is 5.91 Å². The van der Waals surface area contributed by atoms with Gasteiger partial charge in [-0.2, -0.15) is 0 Å². The Kier molecular flexibility index (Phi) is 7.57. The Morgan fingerprint density at radius 3 is 2.24 bits per heavy atom. The van der Waals surface area contributed by atoms with Gasteiger partial charge < -0.3 is 9.80 Å². The first kappa shape index (κ1) is 25.7. The van der Waals surface area contributed by atoms with Crippen LogP contribution in [0.15, 0.2) is 103 Å². The Labute approximate surface area is 227 Å². The van der Waals surface area contributed by atoms with Gasteiger partial charge in [-0.3, -0.25) is 9.59 Å². The molecule has 0 aliphatic carbocycles. The minimum Gasteiger partial charge on any atom is -0.305 e. The Morgan fingerprint density at radius 1 is 0.895 bits per heavy atom. The summed E-state index contributed by atoms with van der Waals surface area (Å²) in [4.78, 5) is 31.0. The number of hydrogen-bond acceptors (Lipinski definition) is 2. The van der Waals surface area contributed by atoms with Gasteiger partial charge in [0.25, 0.3) is 5.91 Å². The molecule has 0 saturated heterocycles. The Bertz CT molecular complexity index is 1420. The third-order valence-corrected chi connectivity index (χ3v) is 7.28. The van der Waals surface area contributed by atoms with Crippen LogP contribution in [0.25, 0.3) is 0 Å². The highest BCUT2D eigenvalue weighted by Gasteiger charge is 2.40. The fourth-order valence-electron chi connectivity index (χ4n) is 5.26. The van der Waals surface area contributed by atoms with Crippen LogP contribution in [0.4, 0.5) is 15.8 Å². The molecule has 4 aromatic carbocycles. The molecule has 0 fully saturated rings. The van der Waals surface area contributed by atoms with E-state index >= 15 is 0 Å². The van der Waals surface area contributed by atoms with Crippen molar-refractivity contribution >= 4 is 34.8 Å². The van der Waals surface area contributed by atoms with Crippen molar-refractivity contribution in [1.29, 1.82) is 0 Å². The predicted octanol–water partition coefficient (Wildman–Crippen LogP) is 7.63. The van der Waals surface area contributed by atoms with E-state index in [4.69, 9.17) is 11.6 Å². The van der Waals surface area contributed by atoms with E-state index in [0.717, 1.165) is 22.5 Å². The summed E-state index contributed by atoms with van der Waals surface area (Å²) in [5.41, 5.74) is 3.91. The molecule has 4 nitrogen and oxygen atoms in total. The van der Waals surface area contributed by atoms with Gasteiger partial charge in [-0.25, -0.2) is 4.39 Å². The van der Waals surface area contributed by atoms with Crippen molar-refractivity contribution in [3.8, 4) is 0 Å². The van der Waals surface area contributed by atoms with Crippen molar-refractivity contribution in [2.75, 3.05) is 9.80 Å². The Balaban J connectivity index is 1.64. The van der Waals surface area contributed by atoms with Gasteiger partial charge in [0, 0.05) is 34.4 Å². The number of carbonyl (C=O) groups excluding carboxylic acids is 2. The van der Waals surface area contributed by atoms with E-state index in [-0.39, 0.29) is 23.9 Å². The molecule has 0 saturated carbocycles. The van der Waals surface area contributed by atoms with Crippen LogP contribution in [0.1, 0.15) is 47.3 Å². The maximum atomic E-state index is 14.0. The molecule has 4 aromatic rings. The molecule has 0 radical (unpaired) electrons. The zero-order chi connectivity index (χ0) is 26.6. The smallest absolute Gasteiger partial charge is 0.258 e. The van der Waals surface area contributed by atoms with Gasteiger partial charge in [0.05, 0.1) is 6.04 Å². The van der Waals surface area contributed by atoms with Crippen molar-refractivity contribution in [2.45, 2.75) is 38.3 Å². The molecule has 1 aliphatic rings. The monoisotopic (exact) mass is 526 g/mol. The molecule has 5 rings (SSSR count). The average molecular weight is 527 g/mol. The van der Waals surface area contributed by atoms with E-state index in [1.54, 1.807) is 12.1 Å². The van der Waals surface area contributed by atoms with Gasteiger partial charge in [-0.1, -0.05) is 67.1 Å². The highest BCUT2D eigenvalue weighted by molar-refractivity contribution is 6.30. The van der Waals surface area contributed by atoms with E-state index in [9.17, 15) is 14.0 Å². The lowest BCUT2D eigenvalue weighted by Crippen LogP contribution is -2.49. The second-order valence-electron chi connectivity index (χ2n) is 9.43. The van der Waals surface area contributed by atoms with Crippen molar-refractivity contribution < 1.29 is 14.0 Å². The third-order valence-electron chi connectivity index (χ3n) is 7.03. The largest absolute Gasteiger partial charge is 0.305 e. The normalized spacial score (nSPS) is 16.6.